The molecule has 1 atom stereocenters. The molecule has 0 saturated heterocycles. The van der Waals surface area contributed by atoms with Gasteiger partial charge in [-0.2, -0.15) is 0 Å². The summed E-state index contributed by atoms with van der Waals surface area (Å²) in [5.74, 6) is 0.158. The van der Waals surface area contributed by atoms with Gasteiger partial charge in [-0.05, 0) is 29.3 Å². The van der Waals surface area contributed by atoms with Gasteiger partial charge in [0.15, 0.2) is 0 Å². The fourth-order valence-corrected chi connectivity index (χ4v) is 4.23. The molecule has 5 rings (SSSR count). The van der Waals surface area contributed by atoms with Crippen molar-refractivity contribution in [2.75, 3.05) is 10.6 Å². The van der Waals surface area contributed by atoms with Crippen molar-refractivity contribution in [2.45, 2.75) is 18.4 Å². The van der Waals surface area contributed by atoms with Gasteiger partial charge in [0.05, 0.1) is 5.69 Å². The monoisotopic (exact) mass is 448 g/mol. The summed E-state index contributed by atoms with van der Waals surface area (Å²) < 4.78 is 5.95. The van der Waals surface area contributed by atoms with E-state index in [1.807, 2.05) is 91.0 Å². The minimum atomic E-state index is -0.702. The lowest BCUT2D eigenvalue weighted by Crippen LogP contribution is -2.30. The van der Waals surface area contributed by atoms with Crippen LogP contribution in [0.1, 0.15) is 35.1 Å². The second kappa shape index (κ2) is 9.63. The summed E-state index contributed by atoms with van der Waals surface area (Å²) in [6.45, 7) is 0. The molecule has 4 aromatic rings. The minimum absolute atomic E-state index is 0.0605. The maximum absolute atomic E-state index is 13.0. The average molecular weight is 449 g/mol. The van der Waals surface area contributed by atoms with Crippen LogP contribution in [0.2, 0.25) is 0 Å². The first-order chi connectivity index (χ1) is 16.7. The van der Waals surface area contributed by atoms with Crippen molar-refractivity contribution in [2.24, 2.45) is 0 Å². The molecular weight excluding hydrogens is 424 g/mol. The summed E-state index contributed by atoms with van der Waals surface area (Å²) in [7, 11) is 0. The third-order valence-corrected chi connectivity index (χ3v) is 5.90. The Morgan fingerprint density at radius 3 is 2.03 bits per heavy atom. The number of nitrogens with one attached hydrogen (secondary N) is 2. The zero-order valence-electron chi connectivity index (χ0n) is 18.5. The Morgan fingerprint density at radius 2 is 1.41 bits per heavy atom. The lowest BCUT2D eigenvalue weighted by atomic mass is 9.88. The van der Waals surface area contributed by atoms with Crippen LogP contribution in [0, 0.1) is 0 Å². The van der Waals surface area contributed by atoms with Crippen LogP contribution in [0.15, 0.2) is 109 Å². The van der Waals surface area contributed by atoms with Crippen molar-refractivity contribution in [3.05, 3.63) is 126 Å². The first kappa shape index (κ1) is 21.5. The fourth-order valence-electron chi connectivity index (χ4n) is 4.23. The van der Waals surface area contributed by atoms with E-state index in [-0.39, 0.29) is 17.7 Å². The van der Waals surface area contributed by atoms with Crippen LogP contribution in [0.25, 0.3) is 0 Å². The minimum Gasteiger partial charge on any atom is -0.474 e. The maximum atomic E-state index is 13.0. The number of rotatable bonds is 6. The largest absolute Gasteiger partial charge is 0.474 e. The Labute approximate surface area is 198 Å². The van der Waals surface area contributed by atoms with E-state index in [0.29, 0.717) is 23.5 Å². The van der Waals surface area contributed by atoms with Crippen LogP contribution in [0.5, 0.6) is 5.75 Å². The molecule has 0 aliphatic carbocycles. The highest BCUT2D eigenvalue weighted by atomic mass is 16.5. The van der Waals surface area contributed by atoms with Gasteiger partial charge in [0.2, 0.25) is 12.0 Å². The highest BCUT2D eigenvalue weighted by molar-refractivity contribution is 6.00. The first-order valence-electron chi connectivity index (χ1n) is 11.2. The standard InChI is InChI=1S/C29H24N2O3/c32-27(19-24(20-10-4-1-5-11-20)21-12-6-2-7-13-21)30-23-16-17-26-25(18-23)31-29(33)28(34-26)22-14-8-3-9-15-22/h1-18,24,28H,19H2,(H,30,32)(H,31,33). The van der Waals surface area contributed by atoms with Crippen LogP contribution >= 0.6 is 0 Å². The molecule has 1 heterocycles. The van der Waals surface area contributed by atoms with Gasteiger partial charge in [-0.3, -0.25) is 9.59 Å². The second-order valence-electron chi connectivity index (χ2n) is 8.24. The summed E-state index contributed by atoms with van der Waals surface area (Å²) in [6.07, 6.45) is -0.406. The maximum Gasteiger partial charge on any atom is 0.270 e. The lowest BCUT2D eigenvalue weighted by molar-refractivity contribution is -0.123. The number of ether oxygens (including phenoxy) is 1. The van der Waals surface area contributed by atoms with Gasteiger partial charge in [0.1, 0.15) is 5.75 Å². The molecule has 0 fully saturated rings. The molecule has 34 heavy (non-hydrogen) atoms. The van der Waals surface area contributed by atoms with Gasteiger partial charge >= 0.3 is 0 Å². The molecule has 2 N–H and O–H groups in total. The zero-order valence-corrected chi connectivity index (χ0v) is 18.5. The topological polar surface area (TPSA) is 67.4 Å². The van der Waals surface area contributed by atoms with Crippen molar-refractivity contribution in [1.29, 1.82) is 0 Å². The van der Waals surface area contributed by atoms with Crippen molar-refractivity contribution in [3.63, 3.8) is 0 Å². The van der Waals surface area contributed by atoms with Crippen LogP contribution < -0.4 is 15.4 Å². The van der Waals surface area contributed by atoms with Gasteiger partial charge in [-0.15, -0.1) is 0 Å². The molecule has 5 heteroatoms. The highest BCUT2D eigenvalue weighted by Gasteiger charge is 2.29. The predicted octanol–water partition coefficient (Wildman–Crippen LogP) is 5.92. The molecule has 0 saturated carbocycles. The van der Waals surface area contributed by atoms with Crippen LogP contribution in [-0.2, 0) is 9.59 Å². The SMILES string of the molecule is O=C(CC(c1ccccc1)c1ccccc1)Nc1ccc2c(c1)NC(=O)C(c1ccccc1)O2. The Morgan fingerprint density at radius 1 is 0.824 bits per heavy atom. The van der Waals surface area contributed by atoms with Gasteiger partial charge in [-0.25, -0.2) is 0 Å². The summed E-state index contributed by atoms with van der Waals surface area (Å²) >= 11 is 0. The van der Waals surface area contributed by atoms with E-state index in [9.17, 15) is 9.59 Å². The summed E-state index contributed by atoms with van der Waals surface area (Å²) in [6, 6.07) is 34.7. The van der Waals surface area contributed by atoms with E-state index in [0.717, 1.165) is 16.7 Å². The van der Waals surface area contributed by atoms with Crippen LogP contribution in [0.4, 0.5) is 11.4 Å². The predicted molar refractivity (Wildman–Crippen MR) is 133 cm³/mol. The molecule has 0 bridgehead atoms. The summed E-state index contributed by atoms with van der Waals surface area (Å²) in [4.78, 5) is 25.6. The molecule has 4 aromatic carbocycles. The van der Waals surface area contributed by atoms with Crippen molar-refractivity contribution >= 4 is 23.2 Å². The third-order valence-electron chi connectivity index (χ3n) is 5.90. The Hall–Kier alpha value is -4.38. The molecule has 168 valence electrons. The summed E-state index contributed by atoms with van der Waals surface area (Å²) in [5, 5.41) is 5.87. The fraction of sp³-hybridized carbons (Fsp3) is 0.103. The number of hydrogen-bond acceptors (Lipinski definition) is 3. The molecule has 5 nitrogen and oxygen atoms in total. The van der Waals surface area contributed by atoms with Crippen LogP contribution in [0.3, 0.4) is 0 Å². The third kappa shape index (κ3) is 4.69. The number of benzene rings is 4. The number of carbonyl (C=O) groups excluding carboxylic acids is 2. The molecule has 1 unspecified atom stereocenters. The normalized spacial score (nSPS) is 14.6. The Bertz CT molecular complexity index is 1250. The molecule has 1 aliphatic rings. The second-order valence-corrected chi connectivity index (χ2v) is 8.24. The molecule has 1 aliphatic heterocycles. The van der Waals surface area contributed by atoms with E-state index in [4.69, 9.17) is 4.74 Å². The quantitative estimate of drug-likeness (QED) is 0.385. The highest BCUT2D eigenvalue weighted by Crippen LogP contribution is 2.37. The van der Waals surface area contributed by atoms with Crippen molar-refractivity contribution in [1.82, 2.24) is 0 Å². The van der Waals surface area contributed by atoms with Gasteiger partial charge < -0.3 is 15.4 Å². The molecular formula is C29H24N2O3. The Balaban J connectivity index is 1.32. The molecule has 0 spiro atoms. The first-order valence-corrected chi connectivity index (χ1v) is 11.2. The van der Waals surface area contributed by atoms with Gasteiger partial charge in [0.25, 0.3) is 5.91 Å². The number of anilines is 2. The Kier molecular flexibility index (Phi) is 6.08. The van der Waals surface area contributed by atoms with E-state index in [1.54, 1.807) is 18.2 Å². The zero-order chi connectivity index (χ0) is 23.3. The molecule has 2 amide bonds. The number of hydrogen-bond donors (Lipinski definition) is 2. The van der Waals surface area contributed by atoms with E-state index < -0.39 is 6.10 Å². The number of amides is 2. The van der Waals surface area contributed by atoms with E-state index in [1.165, 1.54) is 0 Å². The summed E-state index contributed by atoms with van der Waals surface area (Å²) in [5.41, 5.74) is 4.10. The van der Waals surface area contributed by atoms with E-state index in [2.05, 4.69) is 10.6 Å². The number of fused-ring (bicyclic) bond motifs is 1. The van der Waals surface area contributed by atoms with Crippen LogP contribution in [-0.4, -0.2) is 11.8 Å². The van der Waals surface area contributed by atoms with Crippen molar-refractivity contribution < 1.29 is 14.3 Å². The lowest BCUT2D eigenvalue weighted by Gasteiger charge is -2.26. The molecule has 0 radical (unpaired) electrons. The molecule has 0 aromatic heterocycles. The number of carbonyl (C=O) groups is 2. The smallest absolute Gasteiger partial charge is 0.270 e. The van der Waals surface area contributed by atoms with Crippen molar-refractivity contribution in [3.8, 4) is 5.75 Å². The van der Waals surface area contributed by atoms with E-state index >= 15 is 0 Å². The average Bonchev–Trinajstić information content (AvgIpc) is 2.88. The van der Waals surface area contributed by atoms with Gasteiger partial charge in [0, 0.05) is 23.6 Å². The van der Waals surface area contributed by atoms with Gasteiger partial charge in [-0.1, -0.05) is 91.0 Å².